The number of aliphatic hydroxyl groups is 1. The summed E-state index contributed by atoms with van der Waals surface area (Å²) in [7, 11) is 0. The van der Waals surface area contributed by atoms with Gasteiger partial charge in [-0.2, -0.15) is 0 Å². The zero-order valence-corrected chi connectivity index (χ0v) is 22.6. The molecule has 1 saturated heterocycles. The first-order chi connectivity index (χ1) is 19.0. The second kappa shape index (κ2) is 12.5. The van der Waals surface area contributed by atoms with Gasteiger partial charge in [-0.3, -0.25) is 9.59 Å². The van der Waals surface area contributed by atoms with Crippen molar-refractivity contribution in [1.29, 1.82) is 0 Å². The topological polar surface area (TPSA) is 78.4 Å². The summed E-state index contributed by atoms with van der Waals surface area (Å²) in [5, 5.41) is 21.4. The number of aliphatic hydroxyl groups excluding tert-OH is 1. The number of hydrogen-bond acceptors (Lipinski definition) is 4. The molecule has 0 aliphatic carbocycles. The highest BCUT2D eigenvalue weighted by atomic mass is 16.3. The van der Waals surface area contributed by atoms with E-state index >= 15 is 0 Å². The van der Waals surface area contributed by atoms with Crippen LogP contribution in [0.5, 0.6) is 0 Å². The van der Waals surface area contributed by atoms with Gasteiger partial charge in [0.15, 0.2) is 5.78 Å². The molecule has 0 radical (unpaired) electrons. The normalized spacial score (nSPS) is 16.6. The molecule has 1 fully saturated rings. The number of nitrogens with one attached hydrogen (secondary N) is 2. The first-order valence-electron chi connectivity index (χ1n) is 14.1. The lowest BCUT2D eigenvalue weighted by Gasteiger charge is -2.29. The fraction of sp³-hybridized carbons (Fsp3) is 0.353. The van der Waals surface area contributed by atoms with E-state index in [1.807, 2.05) is 37.3 Å². The molecular formula is C34H38N2O3. The van der Waals surface area contributed by atoms with Crippen LogP contribution in [0, 0.1) is 17.8 Å². The number of Topliss-reactive ketones (excluding diaryl/α,β-unsaturated/α-hetero) is 1. The van der Waals surface area contributed by atoms with Gasteiger partial charge in [-0.05, 0) is 77.4 Å². The summed E-state index contributed by atoms with van der Waals surface area (Å²) < 4.78 is 0. The largest absolute Gasteiger partial charge is 0.396 e. The third-order valence-corrected chi connectivity index (χ3v) is 8.33. The third-order valence-electron chi connectivity index (χ3n) is 8.33. The second-order valence-corrected chi connectivity index (χ2v) is 11.0. The molecule has 1 amide bonds. The summed E-state index contributed by atoms with van der Waals surface area (Å²) in [6, 6.07) is 28.2. The van der Waals surface area contributed by atoms with E-state index < -0.39 is 12.0 Å². The number of fused-ring (bicyclic) bond motifs is 2. The minimum atomic E-state index is -0.644. The number of piperidine rings is 1. The number of benzene rings is 4. The quantitative estimate of drug-likeness (QED) is 0.272. The Morgan fingerprint density at radius 1 is 0.821 bits per heavy atom. The lowest BCUT2D eigenvalue weighted by atomic mass is 9.81. The Hall–Kier alpha value is -3.54. The van der Waals surface area contributed by atoms with Crippen molar-refractivity contribution in [3.05, 3.63) is 96.1 Å². The molecular weight excluding hydrogens is 484 g/mol. The number of carbonyl (C=O) groups excluding carboxylic acids is 2. The number of carbonyl (C=O) groups is 2. The van der Waals surface area contributed by atoms with Crippen molar-refractivity contribution in [2.24, 2.45) is 17.8 Å². The molecule has 5 rings (SSSR count). The van der Waals surface area contributed by atoms with E-state index in [0.717, 1.165) is 53.2 Å². The Balaban J connectivity index is 1.36. The van der Waals surface area contributed by atoms with Crippen molar-refractivity contribution in [1.82, 2.24) is 10.6 Å². The summed E-state index contributed by atoms with van der Waals surface area (Å²) in [6.07, 6.45) is 2.58. The van der Waals surface area contributed by atoms with Gasteiger partial charge in [-0.15, -0.1) is 0 Å². The van der Waals surface area contributed by atoms with Gasteiger partial charge >= 0.3 is 0 Å². The molecule has 3 atom stereocenters. The van der Waals surface area contributed by atoms with Crippen molar-refractivity contribution in [3.8, 4) is 0 Å². The van der Waals surface area contributed by atoms with E-state index in [9.17, 15) is 14.7 Å². The lowest BCUT2D eigenvalue weighted by molar-refractivity contribution is -0.133. The van der Waals surface area contributed by atoms with E-state index in [4.69, 9.17) is 0 Å². The van der Waals surface area contributed by atoms with Crippen LogP contribution >= 0.6 is 0 Å². The Labute approximate surface area is 230 Å². The minimum Gasteiger partial charge on any atom is -0.396 e. The van der Waals surface area contributed by atoms with E-state index in [2.05, 4.69) is 65.2 Å². The third kappa shape index (κ3) is 6.55. The van der Waals surface area contributed by atoms with Crippen LogP contribution in [0.2, 0.25) is 0 Å². The Bertz CT molecular complexity index is 1440. The van der Waals surface area contributed by atoms with Crippen molar-refractivity contribution in [2.75, 3.05) is 19.7 Å². The van der Waals surface area contributed by atoms with E-state index in [-0.39, 0.29) is 30.1 Å². The number of rotatable bonds is 10. The van der Waals surface area contributed by atoms with Crippen molar-refractivity contribution >= 4 is 33.2 Å². The van der Waals surface area contributed by atoms with Gasteiger partial charge in [-0.1, -0.05) is 91.9 Å². The fourth-order valence-electron chi connectivity index (χ4n) is 5.82. The average Bonchev–Trinajstić information content (AvgIpc) is 2.99. The maximum atomic E-state index is 14.0. The zero-order valence-electron chi connectivity index (χ0n) is 22.6. The highest BCUT2D eigenvalue weighted by molar-refractivity contribution is 5.92. The van der Waals surface area contributed by atoms with Gasteiger partial charge < -0.3 is 15.7 Å². The Kier molecular flexibility index (Phi) is 8.70. The SMILES string of the molecule is CC(C(=O)C(Cc1ccc2ccccc2c1)NC(=O)C1CCNCC1)C(CO)Cc1ccc2ccccc2c1. The second-order valence-electron chi connectivity index (χ2n) is 11.0. The van der Waals surface area contributed by atoms with Gasteiger partial charge in [0, 0.05) is 18.4 Å². The van der Waals surface area contributed by atoms with Crippen molar-refractivity contribution < 1.29 is 14.7 Å². The summed E-state index contributed by atoms with van der Waals surface area (Å²) >= 11 is 0. The number of hydrogen-bond donors (Lipinski definition) is 3. The summed E-state index contributed by atoms with van der Waals surface area (Å²) in [5.74, 6) is -0.809. The van der Waals surface area contributed by atoms with Crippen LogP contribution in [-0.2, 0) is 22.4 Å². The maximum Gasteiger partial charge on any atom is 0.223 e. The molecule has 1 heterocycles. The van der Waals surface area contributed by atoms with Crippen LogP contribution in [0.25, 0.3) is 21.5 Å². The summed E-state index contributed by atoms with van der Waals surface area (Å²) in [4.78, 5) is 27.2. The fourth-order valence-corrected chi connectivity index (χ4v) is 5.82. The molecule has 1 aliphatic rings. The predicted molar refractivity (Wildman–Crippen MR) is 158 cm³/mol. The lowest BCUT2D eigenvalue weighted by Crippen LogP contribution is -2.49. The molecule has 3 unspecified atom stereocenters. The smallest absolute Gasteiger partial charge is 0.223 e. The highest BCUT2D eigenvalue weighted by Gasteiger charge is 2.32. The molecule has 0 saturated carbocycles. The molecule has 39 heavy (non-hydrogen) atoms. The summed E-state index contributed by atoms with van der Waals surface area (Å²) in [5.41, 5.74) is 2.11. The first-order valence-corrected chi connectivity index (χ1v) is 14.1. The predicted octanol–water partition coefficient (Wildman–Crippen LogP) is 5.08. The molecule has 3 N–H and O–H groups in total. The Morgan fingerprint density at radius 3 is 1.92 bits per heavy atom. The van der Waals surface area contributed by atoms with Crippen LogP contribution < -0.4 is 10.6 Å². The molecule has 0 aromatic heterocycles. The molecule has 0 bridgehead atoms. The van der Waals surface area contributed by atoms with Crippen LogP contribution in [0.1, 0.15) is 30.9 Å². The minimum absolute atomic E-state index is 0.0229. The first kappa shape index (κ1) is 27.0. The molecule has 4 aromatic carbocycles. The number of amides is 1. The van der Waals surface area contributed by atoms with Gasteiger partial charge in [0.25, 0.3) is 0 Å². The van der Waals surface area contributed by atoms with E-state index in [0.29, 0.717) is 12.8 Å². The highest BCUT2D eigenvalue weighted by Crippen LogP contribution is 2.25. The van der Waals surface area contributed by atoms with E-state index in [1.54, 1.807) is 0 Å². The monoisotopic (exact) mass is 522 g/mol. The van der Waals surface area contributed by atoms with Gasteiger partial charge in [-0.25, -0.2) is 0 Å². The van der Waals surface area contributed by atoms with Gasteiger partial charge in [0.05, 0.1) is 6.04 Å². The average molecular weight is 523 g/mol. The van der Waals surface area contributed by atoms with Crippen molar-refractivity contribution in [3.63, 3.8) is 0 Å². The molecule has 5 nitrogen and oxygen atoms in total. The van der Waals surface area contributed by atoms with Crippen LogP contribution in [0.4, 0.5) is 0 Å². The van der Waals surface area contributed by atoms with Crippen LogP contribution in [0.3, 0.4) is 0 Å². The van der Waals surface area contributed by atoms with Crippen molar-refractivity contribution in [2.45, 2.75) is 38.6 Å². The molecule has 0 spiro atoms. The maximum absolute atomic E-state index is 14.0. The Morgan fingerprint density at radius 2 is 1.36 bits per heavy atom. The molecule has 5 heteroatoms. The van der Waals surface area contributed by atoms with Gasteiger partial charge in [0.1, 0.15) is 0 Å². The van der Waals surface area contributed by atoms with E-state index in [1.165, 1.54) is 5.39 Å². The molecule has 1 aliphatic heterocycles. The standard InChI is InChI=1S/C34H38N2O3/c1-23(31(22-37)20-24-10-12-26-6-2-4-8-29(26)18-24)33(38)32(36-34(39)28-14-16-35-17-15-28)21-25-11-13-27-7-3-5-9-30(27)19-25/h2-13,18-19,23,28,31-32,35,37H,14-17,20-22H2,1H3,(H,36,39). The van der Waals surface area contributed by atoms with Gasteiger partial charge in [0.2, 0.25) is 5.91 Å². The number of ketones is 1. The molecule has 4 aromatic rings. The summed E-state index contributed by atoms with van der Waals surface area (Å²) in [6.45, 7) is 3.44. The molecule has 202 valence electrons. The van der Waals surface area contributed by atoms with Crippen LogP contribution in [-0.4, -0.2) is 42.5 Å². The zero-order chi connectivity index (χ0) is 27.2. The van der Waals surface area contributed by atoms with Crippen LogP contribution in [0.15, 0.2) is 84.9 Å².